The second-order valence-electron chi connectivity index (χ2n) is 12.9. The molecule has 0 fully saturated rings. The predicted molar refractivity (Wildman–Crippen MR) is 212 cm³/mol. The van der Waals surface area contributed by atoms with Crippen molar-refractivity contribution in [3.8, 4) is 39.1 Å². The van der Waals surface area contributed by atoms with Gasteiger partial charge in [0.15, 0.2) is 0 Å². The van der Waals surface area contributed by atoms with E-state index in [0.29, 0.717) is 0 Å². The van der Waals surface area contributed by atoms with Gasteiger partial charge in [-0.05, 0) is 112 Å². The highest BCUT2D eigenvalue weighted by molar-refractivity contribution is 5.91. The molecule has 2 heteroatoms. The largest absolute Gasteiger partial charge is 0.311 e. The zero-order valence-electron chi connectivity index (χ0n) is 27.8. The van der Waals surface area contributed by atoms with Crippen LogP contribution in [0.2, 0.25) is 0 Å². The van der Waals surface area contributed by atoms with E-state index in [1.807, 2.05) is 0 Å². The van der Waals surface area contributed by atoms with Crippen molar-refractivity contribution in [2.45, 2.75) is 12.8 Å². The van der Waals surface area contributed by atoms with Gasteiger partial charge in [0.25, 0.3) is 0 Å². The molecule has 50 heavy (non-hydrogen) atoms. The molecule has 1 aliphatic carbocycles. The number of hydrogen-bond donors (Lipinski definition) is 0. The summed E-state index contributed by atoms with van der Waals surface area (Å²) in [6, 6.07) is 65.6. The van der Waals surface area contributed by atoms with E-state index in [1.165, 1.54) is 61.2 Å². The molecule has 238 valence electrons. The van der Waals surface area contributed by atoms with Gasteiger partial charge in [0, 0.05) is 33.8 Å². The van der Waals surface area contributed by atoms with Crippen LogP contribution in [-0.4, -0.2) is 4.57 Å². The fraction of sp³-hybridized carbons (Fsp3) is 0.0417. The third-order valence-electron chi connectivity index (χ3n) is 9.91. The molecule has 0 spiro atoms. The van der Waals surface area contributed by atoms with Crippen LogP contribution in [0.15, 0.2) is 188 Å². The van der Waals surface area contributed by atoms with Crippen molar-refractivity contribution < 1.29 is 0 Å². The van der Waals surface area contributed by atoms with E-state index >= 15 is 0 Å². The summed E-state index contributed by atoms with van der Waals surface area (Å²) in [5, 5.41) is 1.36. The first-order valence-corrected chi connectivity index (χ1v) is 17.4. The Morgan fingerprint density at radius 2 is 0.820 bits per heavy atom. The Morgan fingerprint density at radius 1 is 0.400 bits per heavy atom. The van der Waals surface area contributed by atoms with Crippen molar-refractivity contribution in [1.29, 1.82) is 0 Å². The van der Waals surface area contributed by atoms with Gasteiger partial charge in [-0.3, -0.25) is 0 Å². The number of hydrogen-bond acceptors (Lipinski definition) is 1. The van der Waals surface area contributed by atoms with Gasteiger partial charge >= 0.3 is 0 Å². The molecule has 0 amide bonds. The van der Waals surface area contributed by atoms with Crippen LogP contribution in [-0.2, 0) is 6.42 Å². The molecule has 9 rings (SSSR count). The standard InChI is InChI=1S/C48H36N2/c1-3-11-35(12-4-1)37-19-27-41(28-20-37)49(42-29-21-38(22-30-42)36-13-5-2-6-14-36)43-31-23-39(24-32-43)40-25-33-44(34-26-40)50-47-17-9-7-15-45(47)46-16-8-10-18-48(46)50/h1-7,9-15,17-34H,8,16H2. The van der Waals surface area contributed by atoms with Crippen molar-refractivity contribution in [2.24, 2.45) is 0 Å². The van der Waals surface area contributed by atoms with E-state index in [2.05, 4.69) is 204 Å². The first-order valence-electron chi connectivity index (χ1n) is 17.4. The number of allylic oxidation sites excluding steroid dienone is 1. The second-order valence-corrected chi connectivity index (χ2v) is 12.9. The van der Waals surface area contributed by atoms with Gasteiger partial charge in [-0.1, -0.05) is 133 Å². The molecule has 1 aliphatic rings. The first-order chi connectivity index (χ1) is 24.8. The summed E-state index contributed by atoms with van der Waals surface area (Å²) in [5.74, 6) is 0. The number of para-hydroxylation sites is 1. The lowest BCUT2D eigenvalue weighted by Gasteiger charge is -2.26. The number of fused-ring (bicyclic) bond motifs is 3. The normalized spacial score (nSPS) is 12.2. The Labute approximate surface area is 293 Å². The molecule has 1 aromatic heterocycles. The molecule has 0 radical (unpaired) electrons. The molecular weight excluding hydrogens is 605 g/mol. The molecule has 0 bridgehead atoms. The molecule has 2 nitrogen and oxygen atoms in total. The number of benzene rings is 7. The molecule has 0 N–H and O–H groups in total. The van der Waals surface area contributed by atoms with Gasteiger partial charge in [0.1, 0.15) is 0 Å². The van der Waals surface area contributed by atoms with Gasteiger partial charge in [-0.15, -0.1) is 0 Å². The molecule has 1 heterocycles. The van der Waals surface area contributed by atoms with Crippen LogP contribution in [0.1, 0.15) is 17.7 Å². The van der Waals surface area contributed by atoms with E-state index in [0.717, 1.165) is 29.9 Å². The van der Waals surface area contributed by atoms with Crippen LogP contribution in [0.4, 0.5) is 17.1 Å². The average molecular weight is 641 g/mol. The molecule has 0 saturated carbocycles. The Balaban J connectivity index is 1.05. The zero-order valence-corrected chi connectivity index (χ0v) is 27.8. The monoisotopic (exact) mass is 640 g/mol. The summed E-state index contributed by atoms with van der Waals surface area (Å²) in [4.78, 5) is 2.34. The Bertz CT molecular complexity index is 2330. The maximum Gasteiger partial charge on any atom is 0.0537 e. The number of aryl methyl sites for hydroxylation is 1. The summed E-state index contributed by atoms with van der Waals surface area (Å²) >= 11 is 0. The third-order valence-corrected chi connectivity index (χ3v) is 9.91. The van der Waals surface area contributed by atoms with Crippen molar-refractivity contribution in [3.63, 3.8) is 0 Å². The first kappa shape index (κ1) is 29.7. The highest BCUT2D eigenvalue weighted by atomic mass is 15.1. The van der Waals surface area contributed by atoms with Gasteiger partial charge in [-0.2, -0.15) is 0 Å². The minimum absolute atomic E-state index is 1.09. The topological polar surface area (TPSA) is 8.17 Å². The maximum atomic E-state index is 2.41. The lowest BCUT2D eigenvalue weighted by atomic mass is 10.0. The van der Waals surface area contributed by atoms with E-state index in [-0.39, 0.29) is 0 Å². The smallest absolute Gasteiger partial charge is 0.0537 e. The van der Waals surface area contributed by atoms with Gasteiger partial charge < -0.3 is 9.47 Å². The van der Waals surface area contributed by atoms with Crippen LogP contribution in [0.5, 0.6) is 0 Å². The molecule has 0 aliphatic heterocycles. The fourth-order valence-electron chi connectivity index (χ4n) is 7.39. The minimum atomic E-state index is 1.09. The van der Waals surface area contributed by atoms with Gasteiger partial charge in [0.05, 0.1) is 5.52 Å². The summed E-state index contributed by atoms with van der Waals surface area (Å²) in [5.41, 5.74) is 15.8. The molecule has 0 unspecified atom stereocenters. The fourth-order valence-corrected chi connectivity index (χ4v) is 7.39. The lowest BCUT2D eigenvalue weighted by molar-refractivity contribution is 0.967. The molecule has 8 aromatic rings. The molecule has 0 saturated heterocycles. The van der Waals surface area contributed by atoms with Gasteiger partial charge in [-0.25, -0.2) is 0 Å². The second kappa shape index (κ2) is 12.9. The minimum Gasteiger partial charge on any atom is -0.311 e. The quantitative estimate of drug-likeness (QED) is 0.168. The average Bonchev–Trinajstić information content (AvgIpc) is 3.54. The molecule has 7 aromatic carbocycles. The zero-order chi connectivity index (χ0) is 33.3. The van der Waals surface area contributed by atoms with Crippen LogP contribution < -0.4 is 4.90 Å². The Morgan fingerprint density at radius 3 is 1.32 bits per heavy atom. The molecular formula is C48H36N2. The van der Waals surface area contributed by atoms with E-state index in [4.69, 9.17) is 0 Å². The summed E-state index contributed by atoms with van der Waals surface area (Å²) in [6.45, 7) is 0. The number of anilines is 3. The molecule has 0 atom stereocenters. The van der Waals surface area contributed by atoms with Gasteiger partial charge in [0.2, 0.25) is 0 Å². The number of rotatable bonds is 7. The van der Waals surface area contributed by atoms with Crippen LogP contribution in [0, 0.1) is 0 Å². The van der Waals surface area contributed by atoms with Crippen LogP contribution in [0.25, 0.3) is 56.0 Å². The Kier molecular flexibility index (Phi) is 7.68. The predicted octanol–water partition coefficient (Wildman–Crippen LogP) is 13.1. The van der Waals surface area contributed by atoms with Crippen molar-refractivity contribution in [2.75, 3.05) is 4.90 Å². The van der Waals surface area contributed by atoms with Crippen molar-refractivity contribution >= 4 is 34.0 Å². The lowest BCUT2D eigenvalue weighted by Crippen LogP contribution is -2.09. The van der Waals surface area contributed by atoms with E-state index in [9.17, 15) is 0 Å². The summed E-state index contributed by atoms with van der Waals surface area (Å²) in [6.07, 6.45) is 6.79. The van der Waals surface area contributed by atoms with Crippen molar-refractivity contribution in [3.05, 3.63) is 199 Å². The number of aromatic nitrogens is 1. The van der Waals surface area contributed by atoms with Crippen LogP contribution in [0.3, 0.4) is 0 Å². The highest BCUT2D eigenvalue weighted by Crippen LogP contribution is 2.38. The van der Waals surface area contributed by atoms with E-state index < -0.39 is 0 Å². The van der Waals surface area contributed by atoms with E-state index in [1.54, 1.807) is 0 Å². The third kappa shape index (κ3) is 5.51. The van der Waals surface area contributed by atoms with Crippen molar-refractivity contribution in [1.82, 2.24) is 4.57 Å². The Hall–Kier alpha value is -6.38. The van der Waals surface area contributed by atoms with Crippen LogP contribution >= 0.6 is 0 Å². The summed E-state index contributed by atoms with van der Waals surface area (Å²) < 4.78 is 2.41. The number of nitrogens with zero attached hydrogens (tertiary/aromatic N) is 2. The maximum absolute atomic E-state index is 2.41. The highest BCUT2D eigenvalue weighted by Gasteiger charge is 2.18. The summed E-state index contributed by atoms with van der Waals surface area (Å²) in [7, 11) is 0. The SMILES string of the molecule is C1=Cc2c(c3ccccc3n2-c2ccc(-c3ccc(N(c4ccc(-c5ccccc5)cc4)c4ccc(-c5ccccc5)cc4)cc3)cc2)CC1.